The number of hydrogen-bond acceptors (Lipinski definition) is 3. The lowest BCUT2D eigenvalue weighted by Gasteiger charge is -2.37. The maximum Gasteiger partial charge on any atom is 0.335 e. The van der Waals surface area contributed by atoms with Gasteiger partial charge in [0.1, 0.15) is 11.2 Å². The van der Waals surface area contributed by atoms with Crippen molar-refractivity contribution in [3.05, 3.63) is 28.5 Å². The molecule has 0 aromatic heterocycles. The third-order valence-electron chi connectivity index (χ3n) is 4.08. The van der Waals surface area contributed by atoms with Crippen LogP contribution >= 0.6 is 15.9 Å². The third-order valence-corrected chi connectivity index (χ3v) is 4.75. The molecule has 21 heavy (non-hydrogen) atoms. The van der Waals surface area contributed by atoms with E-state index in [1.807, 2.05) is 0 Å². The lowest BCUT2D eigenvalue weighted by Crippen LogP contribution is -2.63. The summed E-state index contributed by atoms with van der Waals surface area (Å²) >= 11 is 3.21. The minimum Gasteiger partial charge on any atom is -0.276 e. The summed E-state index contributed by atoms with van der Waals surface area (Å²) in [5.74, 6) is -1.68. The zero-order valence-corrected chi connectivity index (χ0v) is 12.6. The maximum atomic E-state index is 13.4. The van der Waals surface area contributed by atoms with E-state index in [1.54, 1.807) is 0 Å². The normalized spacial score (nSPS) is 21.0. The Hall–Kier alpha value is -1.76. The third kappa shape index (κ3) is 2.07. The molecule has 1 aliphatic heterocycles. The first-order chi connectivity index (χ1) is 9.95. The highest BCUT2D eigenvalue weighted by molar-refractivity contribution is 9.10. The zero-order valence-electron chi connectivity index (χ0n) is 11.0. The molecule has 1 aromatic rings. The van der Waals surface area contributed by atoms with E-state index in [0.29, 0.717) is 17.3 Å². The Morgan fingerprint density at radius 2 is 1.86 bits per heavy atom. The molecular formula is C14H12BrFN2O3. The van der Waals surface area contributed by atoms with Crippen LogP contribution in [0.4, 0.5) is 14.9 Å². The number of carbonyl (C=O) groups excluding carboxylic acids is 3. The largest absolute Gasteiger partial charge is 0.335 e. The van der Waals surface area contributed by atoms with Crippen molar-refractivity contribution in [1.82, 2.24) is 5.32 Å². The summed E-state index contributed by atoms with van der Waals surface area (Å²) < 4.78 is 13.9. The van der Waals surface area contributed by atoms with Gasteiger partial charge in [-0.3, -0.25) is 14.9 Å². The molecule has 1 saturated carbocycles. The van der Waals surface area contributed by atoms with Crippen LogP contribution in [0.25, 0.3) is 0 Å². The number of rotatable bonds is 1. The number of carbonyl (C=O) groups is 3. The van der Waals surface area contributed by atoms with Crippen molar-refractivity contribution in [3.8, 4) is 0 Å². The van der Waals surface area contributed by atoms with Gasteiger partial charge >= 0.3 is 6.03 Å². The molecule has 1 N–H and O–H groups in total. The van der Waals surface area contributed by atoms with Crippen molar-refractivity contribution >= 4 is 39.5 Å². The number of nitrogens with one attached hydrogen (secondary N) is 1. The van der Waals surface area contributed by atoms with Crippen molar-refractivity contribution < 1.29 is 18.8 Å². The molecule has 2 aliphatic rings. The minimum atomic E-state index is -1.19. The average molecular weight is 355 g/mol. The fourth-order valence-corrected chi connectivity index (χ4v) is 3.40. The van der Waals surface area contributed by atoms with E-state index in [1.165, 1.54) is 12.1 Å². The van der Waals surface area contributed by atoms with Gasteiger partial charge < -0.3 is 0 Å². The molecule has 0 atom stereocenters. The summed E-state index contributed by atoms with van der Waals surface area (Å²) in [6.07, 6.45) is 2.33. The van der Waals surface area contributed by atoms with Crippen molar-refractivity contribution in [1.29, 1.82) is 0 Å². The van der Waals surface area contributed by atoms with Crippen LogP contribution in [0.2, 0.25) is 0 Å². The van der Waals surface area contributed by atoms with Gasteiger partial charge in [0.25, 0.3) is 5.91 Å². The molecule has 7 heteroatoms. The van der Waals surface area contributed by atoms with Gasteiger partial charge in [-0.15, -0.1) is 0 Å². The summed E-state index contributed by atoms with van der Waals surface area (Å²) in [5, 5.41) is 2.22. The van der Waals surface area contributed by atoms with E-state index in [-0.39, 0.29) is 5.69 Å². The number of anilines is 1. The van der Waals surface area contributed by atoms with Crippen LogP contribution in [0.1, 0.15) is 25.7 Å². The summed E-state index contributed by atoms with van der Waals surface area (Å²) in [7, 11) is 0. The van der Waals surface area contributed by atoms with Crippen LogP contribution in [-0.2, 0) is 9.59 Å². The molecule has 2 fully saturated rings. The quantitative estimate of drug-likeness (QED) is 0.788. The SMILES string of the molecule is O=C1NC(=O)C2(CCCC2)C(=O)N1c1cc(F)ccc1Br. The first-order valence-corrected chi connectivity index (χ1v) is 7.40. The number of amides is 4. The molecule has 1 spiro atoms. The number of urea groups is 1. The van der Waals surface area contributed by atoms with Crippen molar-refractivity contribution in [2.75, 3.05) is 4.90 Å². The fraction of sp³-hybridized carbons (Fsp3) is 0.357. The van der Waals surface area contributed by atoms with Crippen LogP contribution < -0.4 is 10.2 Å². The van der Waals surface area contributed by atoms with E-state index >= 15 is 0 Å². The Kier molecular flexibility index (Phi) is 3.32. The standard InChI is InChI=1S/C14H12BrFN2O3/c15-9-4-3-8(16)7-10(9)18-12(20)14(5-1-2-6-14)11(19)17-13(18)21/h3-4,7H,1-2,5-6H2,(H,17,19,21). The smallest absolute Gasteiger partial charge is 0.276 e. The molecule has 3 rings (SSSR count). The Bertz CT molecular complexity index is 656. The van der Waals surface area contributed by atoms with Crippen LogP contribution in [0.3, 0.4) is 0 Å². The zero-order chi connectivity index (χ0) is 15.2. The molecule has 5 nitrogen and oxygen atoms in total. The second-order valence-corrected chi connectivity index (χ2v) is 6.14. The predicted molar refractivity (Wildman–Crippen MR) is 76.0 cm³/mol. The summed E-state index contributed by atoms with van der Waals surface area (Å²) in [6.45, 7) is 0. The Balaban J connectivity index is 2.09. The lowest BCUT2D eigenvalue weighted by atomic mass is 9.82. The predicted octanol–water partition coefficient (Wildman–Crippen LogP) is 2.73. The minimum absolute atomic E-state index is 0.108. The molecule has 4 amide bonds. The maximum absolute atomic E-state index is 13.4. The monoisotopic (exact) mass is 354 g/mol. The van der Waals surface area contributed by atoms with Crippen LogP contribution in [0, 0.1) is 11.2 Å². The van der Waals surface area contributed by atoms with Gasteiger partial charge in [0.15, 0.2) is 0 Å². The van der Waals surface area contributed by atoms with Crippen molar-refractivity contribution in [2.24, 2.45) is 5.41 Å². The molecule has 1 aliphatic carbocycles. The highest BCUT2D eigenvalue weighted by Gasteiger charge is 2.55. The Morgan fingerprint density at radius 1 is 1.19 bits per heavy atom. The van der Waals surface area contributed by atoms with Crippen molar-refractivity contribution in [2.45, 2.75) is 25.7 Å². The molecule has 0 bridgehead atoms. The molecule has 1 heterocycles. The van der Waals surface area contributed by atoms with E-state index in [2.05, 4.69) is 21.2 Å². The number of halogens is 2. The summed E-state index contributed by atoms with van der Waals surface area (Å²) in [4.78, 5) is 37.7. The highest BCUT2D eigenvalue weighted by atomic mass is 79.9. The van der Waals surface area contributed by atoms with Crippen molar-refractivity contribution in [3.63, 3.8) is 0 Å². The molecule has 1 saturated heterocycles. The second-order valence-electron chi connectivity index (χ2n) is 5.28. The summed E-state index contributed by atoms with van der Waals surface area (Å²) in [5.41, 5.74) is -1.09. The van der Waals surface area contributed by atoms with Crippen LogP contribution in [0.5, 0.6) is 0 Å². The average Bonchev–Trinajstić information content (AvgIpc) is 2.92. The van der Waals surface area contributed by atoms with Gasteiger partial charge in [-0.2, -0.15) is 0 Å². The Labute approximate surface area is 128 Å². The van der Waals surface area contributed by atoms with E-state index in [9.17, 15) is 18.8 Å². The number of benzene rings is 1. The fourth-order valence-electron chi connectivity index (χ4n) is 2.97. The lowest BCUT2D eigenvalue weighted by molar-refractivity contribution is -0.142. The number of imide groups is 2. The van der Waals surface area contributed by atoms with Gasteiger partial charge in [0, 0.05) is 4.47 Å². The molecule has 0 radical (unpaired) electrons. The number of hydrogen-bond donors (Lipinski definition) is 1. The van der Waals surface area contributed by atoms with Gasteiger partial charge in [0.2, 0.25) is 5.91 Å². The van der Waals surface area contributed by atoms with Crippen LogP contribution in [-0.4, -0.2) is 17.8 Å². The Morgan fingerprint density at radius 3 is 2.52 bits per heavy atom. The molecule has 1 aromatic carbocycles. The first-order valence-electron chi connectivity index (χ1n) is 6.61. The highest BCUT2D eigenvalue weighted by Crippen LogP contribution is 2.43. The van der Waals surface area contributed by atoms with E-state index in [0.717, 1.165) is 23.8 Å². The number of barbiturate groups is 1. The summed E-state index contributed by atoms with van der Waals surface area (Å²) in [6, 6.07) is 2.90. The van der Waals surface area contributed by atoms with E-state index < -0.39 is 29.1 Å². The van der Waals surface area contributed by atoms with Gasteiger partial charge in [0.05, 0.1) is 5.69 Å². The van der Waals surface area contributed by atoms with Crippen LogP contribution in [0.15, 0.2) is 22.7 Å². The van der Waals surface area contributed by atoms with Gasteiger partial charge in [-0.25, -0.2) is 14.1 Å². The molecule has 110 valence electrons. The number of nitrogens with zero attached hydrogens (tertiary/aromatic N) is 1. The van der Waals surface area contributed by atoms with Gasteiger partial charge in [-0.05, 0) is 47.0 Å². The molecule has 0 unspecified atom stereocenters. The topological polar surface area (TPSA) is 66.5 Å². The second kappa shape index (κ2) is 4.91. The van der Waals surface area contributed by atoms with Gasteiger partial charge in [-0.1, -0.05) is 12.8 Å². The first kappa shape index (κ1) is 14.2. The molecular weight excluding hydrogens is 343 g/mol. The van der Waals surface area contributed by atoms with E-state index in [4.69, 9.17) is 0 Å².